The SMILES string of the molecule is CC(C)Oc1ccc(NC(=O)c2cc(-c3cnc(N4CCOCC4)nc3)cn2C)cc1. The Bertz CT molecular complexity index is 1020. The van der Waals surface area contributed by atoms with Crippen LogP contribution < -0.4 is 15.0 Å². The largest absolute Gasteiger partial charge is 0.491 e. The van der Waals surface area contributed by atoms with Gasteiger partial charge in [-0.1, -0.05) is 0 Å². The number of benzene rings is 1. The number of ether oxygens (including phenoxy) is 2. The maximum absolute atomic E-state index is 12.8. The third-order valence-electron chi connectivity index (χ3n) is 4.99. The van der Waals surface area contributed by atoms with Gasteiger partial charge in [-0.2, -0.15) is 0 Å². The van der Waals surface area contributed by atoms with Crippen molar-refractivity contribution >= 4 is 17.5 Å². The Morgan fingerprint density at radius 1 is 1.10 bits per heavy atom. The maximum atomic E-state index is 12.8. The molecule has 1 saturated heterocycles. The molecule has 2 aromatic heterocycles. The Morgan fingerprint density at radius 3 is 2.42 bits per heavy atom. The van der Waals surface area contributed by atoms with Crippen LogP contribution >= 0.6 is 0 Å². The van der Waals surface area contributed by atoms with Gasteiger partial charge in [0.15, 0.2) is 0 Å². The van der Waals surface area contributed by atoms with Crippen molar-refractivity contribution in [1.29, 1.82) is 0 Å². The molecule has 8 nitrogen and oxygen atoms in total. The molecule has 3 heterocycles. The lowest BCUT2D eigenvalue weighted by atomic mass is 10.2. The first kappa shape index (κ1) is 20.9. The van der Waals surface area contributed by atoms with Crippen LogP contribution in [-0.2, 0) is 11.8 Å². The highest BCUT2D eigenvalue weighted by Crippen LogP contribution is 2.23. The highest BCUT2D eigenvalue weighted by molar-refractivity contribution is 6.04. The number of aromatic nitrogens is 3. The van der Waals surface area contributed by atoms with Crippen molar-refractivity contribution in [2.75, 3.05) is 36.5 Å². The zero-order valence-electron chi connectivity index (χ0n) is 18.0. The Morgan fingerprint density at radius 2 is 1.77 bits per heavy atom. The number of aryl methyl sites for hydroxylation is 1. The summed E-state index contributed by atoms with van der Waals surface area (Å²) in [6.07, 6.45) is 5.60. The molecule has 31 heavy (non-hydrogen) atoms. The van der Waals surface area contributed by atoms with E-state index >= 15 is 0 Å². The second-order valence-corrected chi connectivity index (χ2v) is 7.74. The Kier molecular flexibility index (Phi) is 6.18. The number of carbonyl (C=O) groups excluding carboxylic acids is 1. The van der Waals surface area contributed by atoms with Crippen molar-refractivity contribution in [2.45, 2.75) is 20.0 Å². The summed E-state index contributed by atoms with van der Waals surface area (Å²) in [5.41, 5.74) is 3.01. The third-order valence-corrected chi connectivity index (χ3v) is 4.99. The molecule has 1 aromatic carbocycles. The molecule has 1 aliphatic rings. The number of rotatable bonds is 6. The molecule has 0 aliphatic carbocycles. The summed E-state index contributed by atoms with van der Waals surface area (Å²) < 4.78 is 12.8. The van der Waals surface area contributed by atoms with Crippen LogP contribution in [0.4, 0.5) is 11.6 Å². The van der Waals surface area contributed by atoms with Crippen LogP contribution in [0.15, 0.2) is 48.9 Å². The van der Waals surface area contributed by atoms with Crippen molar-refractivity contribution in [1.82, 2.24) is 14.5 Å². The molecule has 1 fully saturated rings. The van der Waals surface area contributed by atoms with E-state index in [2.05, 4.69) is 20.2 Å². The Hall–Kier alpha value is -3.39. The minimum absolute atomic E-state index is 0.106. The molecule has 0 saturated carbocycles. The first-order chi connectivity index (χ1) is 15.0. The Labute approximate surface area is 181 Å². The van der Waals surface area contributed by atoms with Gasteiger partial charge in [0.25, 0.3) is 5.91 Å². The van der Waals surface area contributed by atoms with Crippen LogP contribution in [0.1, 0.15) is 24.3 Å². The molecule has 4 rings (SSSR count). The van der Waals surface area contributed by atoms with Crippen molar-refractivity contribution in [3.05, 3.63) is 54.6 Å². The van der Waals surface area contributed by atoms with E-state index in [1.807, 2.05) is 57.4 Å². The summed E-state index contributed by atoms with van der Waals surface area (Å²) in [5, 5.41) is 2.93. The normalized spacial score (nSPS) is 14.0. The predicted molar refractivity (Wildman–Crippen MR) is 120 cm³/mol. The van der Waals surface area contributed by atoms with E-state index in [0.29, 0.717) is 30.5 Å². The number of hydrogen-bond donors (Lipinski definition) is 1. The third kappa shape index (κ3) is 5.03. The van der Waals surface area contributed by atoms with Crippen LogP contribution in [0.3, 0.4) is 0 Å². The molecule has 0 unspecified atom stereocenters. The molecule has 162 valence electrons. The smallest absolute Gasteiger partial charge is 0.272 e. The number of hydrogen-bond acceptors (Lipinski definition) is 6. The van der Waals surface area contributed by atoms with Gasteiger partial charge in [0.05, 0.1) is 19.3 Å². The predicted octanol–water partition coefficient (Wildman–Crippen LogP) is 3.36. The van der Waals surface area contributed by atoms with Gasteiger partial charge in [-0.15, -0.1) is 0 Å². The number of carbonyl (C=O) groups is 1. The minimum Gasteiger partial charge on any atom is -0.491 e. The second kappa shape index (κ2) is 9.18. The summed E-state index contributed by atoms with van der Waals surface area (Å²) in [4.78, 5) is 23.9. The number of nitrogens with one attached hydrogen (secondary N) is 1. The van der Waals surface area contributed by atoms with Crippen LogP contribution in [0.2, 0.25) is 0 Å². The molecule has 8 heteroatoms. The van der Waals surface area contributed by atoms with Crippen LogP contribution in [-0.4, -0.2) is 52.8 Å². The monoisotopic (exact) mass is 421 g/mol. The number of morpholine rings is 1. The zero-order valence-corrected chi connectivity index (χ0v) is 18.0. The second-order valence-electron chi connectivity index (χ2n) is 7.74. The lowest BCUT2D eigenvalue weighted by molar-refractivity contribution is 0.101. The van der Waals surface area contributed by atoms with E-state index in [4.69, 9.17) is 9.47 Å². The average molecular weight is 422 g/mol. The molecule has 3 aromatic rings. The minimum atomic E-state index is -0.183. The first-order valence-corrected chi connectivity index (χ1v) is 10.4. The lowest BCUT2D eigenvalue weighted by Gasteiger charge is -2.26. The molecular formula is C23H27N5O3. The van der Waals surface area contributed by atoms with Gasteiger partial charge >= 0.3 is 0 Å². The maximum Gasteiger partial charge on any atom is 0.272 e. The van der Waals surface area contributed by atoms with Gasteiger partial charge in [0.2, 0.25) is 5.95 Å². The molecule has 0 atom stereocenters. The highest BCUT2D eigenvalue weighted by Gasteiger charge is 2.16. The van der Waals surface area contributed by atoms with E-state index in [-0.39, 0.29) is 12.0 Å². The summed E-state index contributed by atoms with van der Waals surface area (Å²) >= 11 is 0. The van der Waals surface area contributed by atoms with Crippen molar-refractivity contribution in [3.8, 4) is 16.9 Å². The molecule has 1 amide bonds. The van der Waals surface area contributed by atoms with E-state index in [9.17, 15) is 4.79 Å². The van der Waals surface area contributed by atoms with Crippen molar-refractivity contribution in [2.24, 2.45) is 7.05 Å². The topological polar surface area (TPSA) is 81.5 Å². The molecular weight excluding hydrogens is 394 g/mol. The lowest BCUT2D eigenvalue weighted by Crippen LogP contribution is -2.37. The van der Waals surface area contributed by atoms with E-state index in [1.165, 1.54) is 0 Å². The van der Waals surface area contributed by atoms with Crippen molar-refractivity contribution in [3.63, 3.8) is 0 Å². The van der Waals surface area contributed by atoms with Crippen LogP contribution in [0.5, 0.6) is 5.75 Å². The van der Waals surface area contributed by atoms with Gasteiger partial charge in [-0.3, -0.25) is 4.79 Å². The van der Waals surface area contributed by atoms with Gasteiger partial charge in [0.1, 0.15) is 11.4 Å². The molecule has 0 radical (unpaired) electrons. The fraction of sp³-hybridized carbons (Fsp3) is 0.348. The number of nitrogens with zero attached hydrogens (tertiary/aromatic N) is 4. The molecule has 1 aliphatic heterocycles. The highest BCUT2D eigenvalue weighted by atomic mass is 16.5. The summed E-state index contributed by atoms with van der Waals surface area (Å²) in [6.45, 7) is 6.92. The zero-order chi connectivity index (χ0) is 21.8. The molecule has 0 bridgehead atoms. The van der Waals surface area contributed by atoms with Crippen LogP contribution in [0.25, 0.3) is 11.1 Å². The number of amides is 1. The Balaban J connectivity index is 1.45. The number of anilines is 2. The summed E-state index contributed by atoms with van der Waals surface area (Å²) in [5.74, 6) is 1.29. The first-order valence-electron chi connectivity index (χ1n) is 10.4. The fourth-order valence-corrected chi connectivity index (χ4v) is 3.43. The molecule has 1 N–H and O–H groups in total. The van der Waals surface area contributed by atoms with Crippen molar-refractivity contribution < 1.29 is 14.3 Å². The molecule has 0 spiro atoms. The van der Waals surface area contributed by atoms with Gasteiger partial charge in [-0.05, 0) is 44.2 Å². The van der Waals surface area contributed by atoms with Crippen LogP contribution in [0, 0.1) is 0 Å². The van der Waals surface area contributed by atoms with E-state index < -0.39 is 0 Å². The summed E-state index contributed by atoms with van der Waals surface area (Å²) in [7, 11) is 1.85. The fourth-order valence-electron chi connectivity index (χ4n) is 3.43. The summed E-state index contributed by atoms with van der Waals surface area (Å²) in [6, 6.07) is 9.20. The average Bonchev–Trinajstić information content (AvgIpc) is 3.17. The van der Waals surface area contributed by atoms with Gasteiger partial charge in [-0.25, -0.2) is 9.97 Å². The van der Waals surface area contributed by atoms with E-state index in [0.717, 1.165) is 30.0 Å². The standard InChI is InChI=1S/C23H27N5O3/c1-16(2)31-20-6-4-19(5-7-20)26-22(29)21-12-17(15-27(21)3)18-13-24-23(25-14-18)28-8-10-30-11-9-28/h4-7,12-16H,8-11H2,1-3H3,(H,26,29). The van der Waals surface area contributed by atoms with Gasteiger partial charge in [0, 0.05) is 55.5 Å². The quantitative estimate of drug-likeness (QED) is 0.657. The van der Waals surface area contributed by atoms with E-state index in [1.54, 1.807) is 17.0 Å². The van der Waals surface area contributed by atoms with Gasteiger partial charge < -0.3 is 24.3 Å².